The molecule has 1 unspecified atom stereocenters. The van der Waals surface area contributed by atoms with Crippen molar-refractivity contribution < 1.29 is 79.0 Å². The number of nitrogens with zero attached hydrogens (tertiary/aromatic N) is 3. The first-order valence-corrected chi connectivity index (χ1v) is 42.8. The predicted octanol–water partition coefficient (Wildman–Crippen LogP) is 17.0. The van der Waals surface area contributed by atoms with Gasteiger partial charge in [-0.25, -0.2) is 27.0 Å². The van der Waals surface area contributed by atoms with Gasteiger partial charge in [0.05, 0.1) is 50.7 Å². The maximum Gasteiger partial charge on any atom is 0.261 e. The second-order valence-corrected chi connectivity index (χ2v) is 35.4. The Labute approximate surface area is 702 Å². The van der Waals surface area contributed by atoms with Crippen LogP contribution in [-0.4, -0.2) is 120 Å². The quantitative estimate of drug-likeness (QED) is 0.0341. The number of rotatable bonds is 23. The van der Waals surface area contributed by atoms with E-state index in [9.17, 15) is 69.6 Å². The highest BCUT2D eigenvalue weighted by molar-refractivity contribution is 9.10. The van der Waals surface area contributed by atoms with Gasteiger partial charge in [-0.05, 0) is 113 Å². The summed E-state index contributed by atoms with van der Waals surface area (Å²) in [5.41, 5.74) is 6.77. The number of carbonyl (C=O) groups excluding carboxylic acids is 11. The Bertz CT molecular complexity index is 5110. The molecule has 25 heteroatoms. The predicted molar refractivity (Wildman–Crippen MR) is 461 cm³/mol. The van der Waals surface area contributed by atoms with Crippen molar-refractivity contribution >= 4 is 111 Å². The fourth-order valence-corrected chi connectivity index (χ4v) is 13.0. The SMILES string of the molecule is CC(C)C(=O)CC(c1ccccc1)c1ccccc1.CC(C)C(=O)CC1NC(=O)CC1=O.CC(C)C(=O)CN1C(=O)c2ccccc2C1=O.CC(C)C(=O)Cc1ccc2c(c1)OCO2.CC(C)C(=O)c1ccc(S(N)(=O)=O)cc1.CC(C)C(=O)c1ccc2ccccc2n1.CC(C)C(=O)c1cncc(Br)c1.CC(C)S(=O)(=O)c1ccccc1. The third-order valence-corrected chi connectivity index (χ3v) is 22.0. The maximum atomic E-state index is 12.1. The molecule has 3 aliphatic rings. The normalized spacial score (nSPS) is 13.1. The second-order valence-electron chi connectivity index (χ2n) is 30.4. The number of primary sulfonamides is 1. The molecule has 3 amide bonds. The number of nitrogens with one attached hydrogen (secondary N) is 1. The molecule has 0 bridgehead atoms. The van der Waals surface area contributed by atoms with Gasteiger partial charge in [-0.15, -0.1) is 0 Å². The van der Waals surface area contributed by atoms with Gasteiger partial charge in [0.1, 0.15) is 23.0 Å². The van der Waals surface area contributed by atoms with E-state index in [4.69, 9.17) is 14.6 Å². The van der Waals surface area contributed by atoms with Crippen LogP contribution in [0.3, 0.4) is 0 Å². The lowest BCUT2D eigenvalue weighted by atomic mass is 9.85. The van der Waals surface area contributed by atoms with Crippen molar-refractivity contribution in [1.82, 2.24) is 20.2 Å². The molecule has 1 saturated heterocycles. The number of benzene rings is 7. The van der Waals surface area contributed by atoms with Crippen LogP contribution in [0.4, 0.5) is 0 Å². The Kier molecular flexibility index (Phi) is 38.7. The van der Waals surface area contributed by atoms with Gasteiger partial charge in [0, 0.05) is 100.0 Å². The van der Waals surface area contributed by atoms with E-state index in [1.165, 1.54) is 35.4 Å². The van der Waals surface area contributed by atoms with Crippen molar-refractivity contribution in [3.8, 4) is 11.5 Å². The molecule has 1 atom stereocenters. The number of carbonyl (C=O) groups is 11. The topological polar surface area (TPSA) is 342 Å². The summed E-state index contributed by atoms with van der Waals surface area (Å²) >= 11 is 3.26. The summed E-state index contributed by atoms with van der Waals surface area (Å²) in [5, 5.41) is 8.13. The molecular formula is C93H108BrN5O17S2. The number of fused-ring (bicyclic) bond motifs is 3. The average Bonchev–Trinajstić information content (AvgIpc) is 1.63. The standard InChI is InChI=1S/C18H20O.C13H13NO3.C13H13NO.C12H14O3.C10H13NO3S.C9H10BrNO.C9H13NO3.C9H12O2S/c1-14(2)18(19)13-17(15-9-5-3-6-10-15)16-11-7-4-8-12-16;1-8(2)11(15)7-14-12(16)9-5-3-4-6-10(9)13(14)17;1-9(2)13(15)12-8-7-10-5-3-4-6-11(10)14-12;1-8(2)10(13)5-9-3-4-11-12(6-9)15-7-14-11;1-7(2)10(12)8-3-5-9(6-4-8)15(11,13)14;1-6(2)9(12)7-3-8(10)5-11-4-7;1-5(2)7(11)3-6-8(12)4-9(13)10-6;1-8(2)12(10,11)9-6-4-3-5-7-9/h3-12,14,17H,13H2,1-2H3;3-6,8H,7H2,1-2H3;3-9H,1-2H3;3-4,6,8H,5,7H2,1-2H3;3-7H,1-2H3,(H2,11,13,14);3-6H,1-2H3;5-6H,3-4H2,1-2H3,(H,10,13);3-8H,1-2H3. The highest BCUT2D eigenvalue weighted by atomic mass is 79.9. The minimum atomic E-state index is -3.68. The molecule has 0 radical (unpaired) electrons. The number of para-hydroxylation sites is 1. The minimum absolute atomic E-state index is 0.00124. The van der Waals surface area contributed by atoms with Gasteiger partial charge in [0.15, 0.2) is 50.3 Å². The molecule has 626 valence electrons. The van der Waals surface area contributed by atoms with E-state index in [0.717, 1.165) is 37.3 Å². The number of pyridine rings is 2. The molecule has 22 nitrogen and oxygen atoms in total. The van der Waals surface area contributed by atoms with Crippen LogP contribution in [0.25, 0.3) is 10.9 Å². The van der Waals surface area contributed by atoms with Crippen LogP contribution in [0, 0.1) is 41.4 Å². The number of Topliss-reactive ketones (excluding diaryl/α,β-unsaturated/α-hetero) is 8. The number of imide groups is 1. The van der Waals surface area contributed by atoms with E-state index >= 15 is 0 Å². The van der Waals surface area contributed by atoms with Gasteiger partial charge < -0.3 is 14.8 Å². The molecule has 118 heavy (non-hydrogen) atoms. The number of halogens is 1. The number of amides is 3. The van der Waals surface area contributed by atoms with Crippen molar-refractivity contribution in [3.63, 3.8) is 0 Å². The lowest BCUT2D eigenvalue weighted by Crippen LogP contribution is -2.36. The zero-order valence-corrected chi connectivity index (χ0v) is 73.0. The molecular weight excluding hydrogens is 1600 g/mol. The van der Waals surface area contributed by atoms with Gasteiger partial charge >= 0.3 is 0 Å². The summed E-state index contributed by atoms with van der Waals surface area (Å²) in [6, 6.07) is 59.7. The van der Waals surface area contributed by atoms with Gasteiger partial charge in [0.25, 0.3) is 11.8 Å². The number of hydrogen-bond donors (Lipinski definition) is 2. The van der Waals surface area contributed by atoms with Crippen LogP contribution >= 0.6 is 15.9 Å². The molecule has 5 heterocycles. The van der Waals surface area contributed by atoms with Crippen LogP contribution < -0.4 is 19.9 Å². The number of sulfone groups is 1. The largest absolute Gasteiger partial charge is 0.454 e. The van der Waals surface area contributed by atoms with Crippen LogP contribution in [0.5, 0.6) is 11.5 Å². The monoisotopic (exact) mass is 1710 g/mol. The Morgan fingerprint density at radius 1 is 0.492 bits per heavy atom. The molecule has 9 aromatic rings. The van der Waals surface area contributed by atoms with Crippen LogP contribution in [0.15, 0.2) is 227 Å². The first-order chi connectivity index (χ1) is 55.5. The van der Waals surface area contributed by atoms with Gasteiger partial charge in [-0.1, -0.05) is 230 Å². The van der Waals surface area contributed by atoms with Crippen LogP contribution in [-0.2, 0) is 55.0 Å². The third-order valence-electron chi connectivity index (χ3n) is 18.4. The highest BCUT2D eigenvalue weighted by Gasteiger charge is 2.37. The van der Waals surface area contributed by atoms with E-state index in [2.05, 4.69) is 55.5 Å². The van der Waals surface area contributed by atoms with Crippen LogP contribution in [0.1, 0.15) is 205 Å². The molecule has 0 saturated carbocycles. The van der Waals surface area contributed by atoms with E-state index in [1.54, 1.807) is 135 Å². The first-order valence-electron chi connectivity index (χ1n) is 38.9. The Balaban J connectivity index is 0.000000241. The number of aromatic nitrogens is 2. The Morgan fingerprint density at radius 2 is 0.975 bits per heavy atom. The van der Waals surface area contributed by atoms with Crippen molar-refractivity contribution in [3.05, 3.63) is 262 Å². The zero-order chi connectivity index (χ0) is 87.9. The molecule has 2 aromatic heterocycles. The van der Waals surface area contributed by atoms with Gasteiger partial charge in [-0.2, -0.15) is 0 Å². The maximum absolute atomic E-state index is 12.1. The molecule has 3 aliphatic heterocycles. The number of sulfonamides is 1. The summed E-state index contributed by atoms with van der Waals surface area (Å²) in [6.07, 6.45) is 4.36. The first kappa shape index (κ1) is 97.6. The summed E-state index contributed by atoms with van der Waals surface area (Å²) in [5.74, 6) is 0.981. The summed E-state index contributed by atoms with van der Waals surface area (Å²) < 4.78 is 56.2. The number of hydrogen-bond acceptors (Lipinski definition) is 19. The van der Waals surface area contributed by atoms with Crippen molar-refractivity contribution in [2.24, 2.45) is 46.6 Å². The fourth-order valence-electron chi connectivity index (χ4n) is 11.0. The summed E-state index contributed by atoms with van der Waals surface area (Å²) in [6.45, 7) is 29.4. The number of ketones is 8. The smallest absolute Gasteiger partial charge is 0.261 e. The van der Waals surface area contributed by atoms with Gasteiger partial charge in [0.2, 0.25) is 22.7 Å². The summed E-state index contributed by atoms with van der Waals surface area (Å²) in [4.78, 5) is 137. The Hall–Kier alpha value is -11.0. The molecule has 0 spiro atoms. The van der Waals surface area contributed by atoms with E-state index in [0.29, 0.717) is 51.5 Å². The summed E-state index contributed by atoms with van der Waals surface area (Å²) in [7, 11) is -6.75. The van der Waals surface area contributed by atoms with E-state index in [1.807, 2.05) is 140 Å². The highest BCUT2D eigenvalue weighted by Crippen LogP contribution is 2.34. The van der Waals surface area contributed by atoms with Crippen molar-refractivity contribution in [1.29, 1.82) is 0 Å². The van der Waals surface area contributed by atoms with E-state index in [-0.39, 0.29) is 142 Å². The van der Waals surface area contributed by atoms with Crippen LogP contribution in [0.2, 0.25) is 0 Å². The minimum Gasteiger partial charge on any atom is -0.454 e. The van der Waals surface area contributed by atoms with E-state index < -0.39 is 25.9 Å². The number of nitrogens with two attached hydrogens (primary N) is 1. The molecule has 1 fully saturated rings. The average molecular weight is 1710 g/mol. The van der Waals surface area contributed by atoms with Crippen molar-refractivity contribution in [2.45, 2.75) is 163 Å². The number of ether oxygens (including phenoxy) is 2. The van der Waals surface area contributed by atoms with Gasteiger partial charge in [-0.3, -0.25) is 62.6 Å². The zero-order valence-electron chi connectivity index (χ0n) is 69.8. The third kappa shape index (κ3) is 30.5. The lowest BCUT2D eigenvalue weighted by Gasteiger charge is -2.18. The Morgan fingerprint density at radius 3 is 1.45 bits per heavy atom. The molecule has 0 aliphatic carbocycles. The molecule has 3 N–H and O–H groups in total. The molecule has 7 aromatic carbocycles. The lowest BCUT2D eigenvalue weighted by molar-refractivity contribution is -0.126. The van der Waals surface area contributed by atoms with Crippen molar-refractivity contribution in [2.75, 3.05) is 13.3 Å². The second kappa shape index (κ2) is 46.8. The fraction of sp³-hybridized carbons (Fsp3) is 0.344. The molecule has 12 rings (SSSR count).